The fourth-order valence-corrected chi connectivity index (χ4v) is 4.78. The molecule has 0 radical (unpaired) electrons. The molecule has 1 aromatic carbocycles. The molecule has 1 saturated heterocycles. The van der Waals surface area contributed by atoms with E-state index in [2.05, 4.69) is 42.2 Å². The molecule has 1 N–H and O–H groups in total. The maximum atomic E-state index is 11.3. The maximum Gasteiger partial charge on any atom is 0.306 e. The Morgan fingerprint density at radius 1 is 1.15 bits per heavy atom. The molecule has 0 amide bonds. The average Bonchev–Trinajstić information content (AvgIpc) is 3.08. The molecule has 1 aliphatic rings. The summed E-state index contributed by atoms with van der Waals surface area (Å²) >= 11 is 1.80. The predicted molar refractivity (Wildman–Crippen MR) is 105 cm³/mol. The number of para-hydroxylation sites is 1. The van der Waals surface area contributed by atoms with E-state index in [1.54, 1.807) is 11.3 Å². The monoisotopic (exact) mass is 366 g/mol. The number of carboxylic acids is 1. The summed E-state index contributed by atoms with van der Waals surface area (Å²) in [6, 6.07) is 16.8. The lowest BCUT2D eigenvalue weighted by Crippen LogP contribution is -2.39. The van der Waals surface area contributed by atoms with Gasteiger partial charge in [0.1, 0.15) is 0 Å². The number of thiophene rings is 1. The van der Waals surface area contributed by atoms with Crippen molar-refractivity contribution < 1.29 is 9.90 Å². The molecule has 1 unspecified atom stereocenters. The van der Waals surface area contributed by atoms with Crippen molar-refractivity contribution >= 4 is 28.2 Å². The van der Waals surface area contributed by atoms with E-state index in [-0.39, 0.29) is 12.0 Å². The van der Waals surface area contributed by atoms with E-state index in [4.69, 9.17) is 4.98 Å². The highest BCUT2D eigenvalue weighted by atomic mass is 32.1. The van der Waals surface area contributed by atoms with Crippen molar-refractivity contribution in [3.8, 4) is 0 Å². The lowest BCUT2D eigenvalue weighted by Gasteiger charge is -2.36. The Bertz CT molecular complexity index is 928. The lowest BCUT2D eigenvalue weighted by atomic mass is 9.95. The summed E-state index contributed by atoms with van der Waals surface area (Å²) in [5.74, 6) is -0.890. The van der Waals surface area contributed by atoms with Crippen molar-refractivity contribution in [3.63, 3.8) is 0 Å². The van der Waals surface area contributed by atoms with Crippen molar-refractivity contribution in [1.29, 1.82) is 0 Å². The molecule has 2 aromatic heterocycles. The first-order chi connectivity index (χ1) is 12.6. The summed E-state index contributed by atoms with van der Waals surface area (Å²) < 4.78 is 0. The summed E-state index contributed by atoms with van der Waals surface area (Å²) in [4.78, 5) is 21.2. The second-order valence-corrected chi connectivity index (χ2v) is 8.25. The number of rotatable bonds is 4. The molecule has 3 aromatic rings. The van der Waals surface area contributed by atoms with Gasteiger partial charge in [-0.2, -0.15) is 0 Å². The molecule has 4 nitrogen and oxygen atoms in total. The number of likely N-dealkylation sites (tertiary alicyclic amines) is 1. The van der Waals surface area contributed by atoms with E-state index in [0.29, 0.717) is 12.8 Å². The topological polar surface area (TPSA) is 53.4 Å². The molecule has 134 valence electrons. The third kappa shape index (κ3) is 3.37. The van der Waals surface area contributed by atoms with Gasteiger partial charge in [-0.3, -0.25) is 14.7 Å². The minimum atomic E-state index is -0.669. The summed E-state index contributed by atoms with van der Waals surface area (Å²) in [6.45, 7) is 3.69. The largest absolute Gasteiger partial charge is 0.481 e. The fraction of sp³-hybridized carbons (Fsp3) is 0.333. The molecule has 26 heavy (non-hydrogen) atoms. The van der Waals surface area contributed by atoms with E-state index in [1.807, 2.05) is 18.2 Å². The Hall–Kier alpha value is -2.24. The highest BCUT2D eigenvalue weighted by Gasteiger charge is 2.31. The minimum Gasteiger partial charge on any atom is -0.481 e. The SMILES string of the molecule is Cc1ccc(C(c2ccc3ccccc3n2)N2CCC(C(=O)O)CC2)s1. The van der Waals surface area contributed by atoms with Gasteiger partial charge < -0.3 is 5.11 Å². The van der Waals surface area contributed by atoms with Crippen LogP contribution in [0.4, 0.5) is 0 Å². The Labute approximate surface area is 157 Å². The first-order valence-corrected chi connectivity index (χ1v) is 9.82. The standard InChI is InChI=1S/C21H22N2O2S/c1-14-6-9-19(26-14)20(23-12-10-16(11-13-23)21(24)25)18-8-7-15-4-2-3-5-17(15)22-18/h2-9,16,20H,10-13H2,1H3,(H,24,25). The van der Waals surface area contributed by atoms with Gasteiger partial charge in [-0.05, 0) is 57.1 Å². The zero-order valence-electron chi connectivity index (χ0n) is 14.8. The Kier molecular flexibility index (Phi) is 4.74. The highest BCUT2D eigenvalue weighted by molar-refractivity contribution is 7.12. The van der Waals surface area contributed by atoms with Crippen LogP contribution in [0.3, 0.4) is 0 Å². The Morgan fingerprint density at radius 2 is 1.92 bits per heavy atom. The zero-order valence-corrected chi connectivity index (χ0v) is 15.6. The summed E-state index contributed by atoms with van der Waals surface area (Å²) in [5, 5.41) is 10.4. The molecule has 0 spiro atoms. The first-order valence-electron chi connectivity index (χ1n) is 9.01. The number of aryl methyl sites for hydroxylation is 1. The number of pyridine rings is 1. The highest BCUT2D eigenvalue weighted by Crippen LogP contribution is 2.35. The molecule has 3 heterocycles. The van der Waals surface area contributed by atoms with E-state index < -0.39 is 5.97 Å². The van der Waals surface area contributed by atoms with Gasteiger partial charge in [0.2, 0.25) is 0 Å². The van der Waals surface area contributed by atoms with Crippen LogP contribution in [-0.2, 0) is 4.79 Å². The van der Waals surface area contributed by atoms with Gasteiger partial charge in [0.25, 0.3) is 0 Å². The predicted octanol–water partition coefficient (Wildman–Crippen LogP) is 4.49. The fourth-order valence-electron chi connectivity index (χ4n) is 3.75. The van der Waals surface area contributed by atoms with Gasteiger partial charge in [-0.25, -0.2) is 0 Å². The van der Waals surface area contributed by atoms with Crippen LogP contribution in [0.2, 0.25) is 0 Å². The molecular formula is C21H22N2O2S. The van der Waals surface area contributed by atoms with Crippen LogP contribution in [-0.4, -0.2) is 34.0 Å². The summed E-state index contributed by atoms with van der Waals surface area (Å²) in [6.07, 6.45) is 1.40. The van der Waals surface area contributed by atoms with Gasteiger partial charge in [-0.1, -0.05) is 24.3 Å². The van der Waals surface area contributed by atoms with Gasteiger partial charge in [-0.15, -0.1) is 11.3 Å². The number of hydrogen-bond donors (Lipinski definition) is 1. The summed E-state index contributed by atoms with van der Waals surface area (Å²) in [5.41, 5.74) is 2.04. The second kappa shape index (κ2) is 7.17. The molecule has 4 rings (SSSR count). The van der Waals surface area contributed by atoms with Crippen LogP contribution in [0.25, 0.3) is 10.9 Å². The quantitative estimate of drug-likeness (QED) is 0.739. The number of carbonyl (C=O) groups is 1. The van der Waals surface area contributed by atoms with Crippen molar-refractivity contribution in [2.24, 2.45) is 5.92 Å². The molecule has 0 saturated carbocycles. The maximum absolute atomic E-state index is 11.3. The lowest BCUT2D eigenvalue weighted by molar-refractivity contribution is -0.143. The molecule has 1 atom stereocenters. The number of carboxylic acid groups (broad SMARTS) is 1. The van der Waals surface area contributed by atoms with Gasteiger partial charge in [0.05, 0.1) is 23.2 Å². The molecule has 1 fully saturated rings. The van der Waals surface area contributed by atoms with Crippen molar-refractivity contribution in [1.82, 2.24) is 9.88 Å². The van der Waals surface area contributed by atoms with Gasteiger partial charge in [0.15, 0.2) is 0 Å². The van der Waals surface area contributed by atoms with Crippen LogP contribution in [0, 0.1) is 12.8 Å². The number of hydrogen-bond acceptors (Lipinski definition) is 4. The number of fused-ring (bicyclic) bond motifs is 1. The van der Waals surface area contributed by atoms with E-state index in [9.17, 15) is 9.90 Å². The van der Waals surface area contributed by atoms with E-state index >= 15 is 0 Å². The van der Waals surface area contributed by atoms with Crippen LogP contribution in [0.5, 0.6) is 0 Å². The first kappa shape index (κ1) is 17.2. The molecule has 1 aliphatic heterocycles. The average molecular weight is 366 g/mol. The Balaban J connectivity index is 1.70. The molecule has 5 heteroatoms. The number of aromatic nitrogens is 1. The Morgan fingerprint density at radius 3 is 2.62 bits per heavy atom. The van der Waals surface area contributed by atoms with Crippen LogP contribution in [0.1, 0.15) is 34.3 Å². The smallest absolute Gasteiger partial charge is 0.306 e. The molecular weight excluding hydrogens is 344 g/mol. The minimum absolute atomic E-state index is 0.0908. The number of piperidine rings is 1. The molecule has 0 aliphatic carbocycles. The van der Waals surface area contributed by atoms with Crippen molar-refractivity contribution in [2.75, 3.05) is 13.1 Å². The molecule has 0 bridgehead atoms. The third-order valence-electron chi connectivity index (χ3n) is 5.17. The number of aliphatic carboxylic acids is 1. The van der Waals surface area contributed by atoms with Gasteiger partial charge >= 0.3 is 5.97 Å². The summed E-state index contributed by atoms with van der Waals surface area (Å²) in [7, 11) is 0. The van der Waals surface area contributed by atoms with Crippen molar-refractivity contribution in [2.45, 2.75) is 25.8 Å². The third-order valence-corrected chi connectivity index (χ3v) is 6.23. The normalized spacial score (nSPS) is 17.4. The number of benzene rings is 1. The van der Waals surface area contributed by atoms with E-state index in [1.165, 1.54) is 9.75 Å². The van der Waals surface area contributed by atoms with Crippen LogP contribution >= 0.6 is 11.3 Å². The second-order valence-electron chi connectivity index (χ2n) is 6.93. The van der Waals surface area contributed by atoms with Crippen LogP contribution < -0.4 is 0 Å². The number of nitrogens with zero attached hydrogens (tertiary/aromatic N) is 2. The zero-order chi connectivity index (χ0) is 18.1. The van der Waals surface area contributed by atoms with Gasteiger partial charge in [0, 0.05) is 15.1 Å². The van der Waals surface area contributed by atoms with Crippen molar-refractivity contribution in [3.05, 3.63) is 64.0 Å². The van der Waals surface area contributed by atoms with E-state index in [0.717, 1.165) is 29.7 Å². The van der Waals surface area contributed by atoms with Crippen LogP contribution in [0.15, 0.2) is 48.5 Å².